The zero-order valence-electron chi connectivity index (χ0n) is 9.69. The largest absolute Gasteiger partial charge is 0.505 e. The average Bonchev–Trinajstić information content (AvgIpc) is 2.27. The Hall–Kier alpha value is -1.29. The van der Waals surface area contributed by atoms with Gasteiger partial charge in [0.25, 0.3) is 0 Å². The molecule has 1 aliphatic heterocycles. The lowest BCUT2D eigenvalue weighted by molar-refractivity contribution is -0.0910. The molecule has 0 radical (unpaired) electrons. The van der Waals surface area contributed by atoms with Crippen molar-refractivity contribution < 1.29 is 19.0 Å². The zero-order chi connectivity index (χ0) is 12.1. The summed E-state index contributed by atoms with van der Waals surface area (Å²) in [5.74, 6) is -0.643. The van der Waals surface area contributed by atoms with Gasteiger partial charge in [-0.05, 0) is 25.0 Å². The summed E-state index contributed by atoms with van der Waals surface area (Å²) in [6, 6.07) is 4.01. The summed E-state index contributed by atoms with van der Waals surface area (Å²) >= 11 is 0. The van der Waals surface area contributed by atoms with Gasteiger partial charge in [-0.2, -0.15) is 0 Å². The van der Waals surface area contributed by atoms with Crippen molar-refractivity contribution in [1.82, 2.24) is 0 Å². The van der Waals surface area contributed by atoms with E-state index < -0.39 is 5.82 Å². The molecule has 3 nitrogen and oxygen atoms in total. The van der Waals surface area contributed by atoms with E-state index in [0.717, 1.165) is 19.3 Å². The van der Waals surface area contributed by atoms with Gasteiger partial charge in [-0.15, -0.1) is 0 Å². The van der Waals surface area contributed by atoms with Crippen LogP contribution in [0.5, 0.6) is 11.5 Å². The van der Waals surface area contributed by atoms with E-state index in [1.165, 1.54) is 25.0 Å². The van der Waals surface area contributed by atoms with Gasteiger partial charge in [-0.1, -0.05) is 12.8 Å². The third-order valence-corrected chi connectivity index (χ3v) is 2.82. The lowest BCUT2D eigenvalue weighted by atomic mass is 10.1. The Balaban J connectivity index is 1.95. The second kappa shape index (κ2) is 5.87. The summed E-state index contributed by atoms with van der Waals surface area (Å²) in [6.07, 6.45) is 5.00. The minimum atomic E-state index is -0.673. The molecule has 1 unspecified atom stereocenters. The molecule has 1 heterocycles. The number of hydrogen-bond donors (Lipinski definition) is 1. The van der Waals surface area contributed by atoms with Crippen LogP contribution in [0.4, 0.5) is 4.39 Å². The second-order valence-electron chi connectivity index (χ2n) is 4.23. The number of benzene rings is 1. The van der Waals surface area contributed by atoms with Crippen LogP contribution in [-0.2, 0) is 4.74 Å². The molecule has 17 heavy (non-hydrogen) atoms. The van der Waals surface area contributed by atoms with Crippen molar-refractivity contribution in [3.05, 3.63) is 24.0 Å². The molecule has 0 spiro atoms. The van der Waals surface area contributed by atoms with Gasteiger partial charge in [0.1, 0.15) is 5.75 Å². The van der Waals surface area contributed by atoms with Crippen LogP contribution in [0.3, 0.4) is 0 Å². The standard InChI is InChI=1S/C13H17FO3/c14-11-9-10(6-7-12(11)15)17-13-5-3-1-2-4-8-16-13/h6-7,9,13,15H,1-5,8H2. The molecule has 2 rings (SSSR count). The van der Waals surface area contributed by atoms with Gasteiger partial charge in [0.15, 0.2) is 17.9 Å². The highest BCUT2D eigenvalue weighted by Crippen LogP contribution is 2.24. The summed E-state index contributed by atoms with van der Waals surface area (Å²) in [6.45, 7) is 0.686. The maximum Gasteiger partial charge on any atom is 0.199 e. The van der Waals surface area contributed by atoms with Crippen molar-refractivity contribution >= 4 is 0 Å². The van der Waals surface area contributed by atoms with Crippen LogP contribution >= 0.6 is 0 Å². The van der Waals surface area contributed by atoms with Gasteiger partial charge in [0.2, 0.25) is 0 Å². The number of hydrogen-bond acceptors (Lipinski definition) is 3. The van der Waals surface area contributed by atoms with E-state index in [-0.39, 0.29) is 12.0 Å². The molecule has 1 N–H and O–H groups in total. The van der Waals surface area contributed by atoms with Crippen molar-refractivity contribution in [1.29, 1.82) is 0 Å². The lowest BCUT2D eigenvalue weighted by Crippen LogP contribution is -2.22. The summed E-state index contributed by atoms with van der Waals surface area (Å²) in [5, 5.41) is 9.07. The van der Waals surface area contributed by atoms with E-state index in [2.05, 4.69) is 0 Å². The Labute approximate surface area is 100 Å². The molecular weight excluding hydrogens is 223 g/mol. The minimum Gasteiger partial charge on any atom is -0.505 e. The van der Waals surface area contributed by atoms with E-state index >= 15 is 0 Å². The lowest BCUT2D eigenvalue weighted by Gasteiger charge is -2.21. The van der Waals surface area contributed by atoms with Crippen LogP contribution in [0.1, 0.15) is 32.1 Å². The predicted molar refractivity (Wildman–Crippen MR) is 61.5 cm³/mol. The van der Waals surface area contributed by atoms with Crippen LogP contribution in [0.25, 0.3) is 0 Å². The Kier molecular flexibility index (Phi) is 4.20. The Morgan fingerprint density at radius 3 is 2.88 bits per heavy atom. The average molecular weight is 240 g/mol. The van der Waals surface area contributed by atoms with Gasteiger partial charge in [0.05, 0.1) is 6.61 Å². The molecule has 94 valence electrons. The smallest absolute Gasteiger partial charge is 0.199 e. The highest BCUT2D eigenvalue weighted by molar-refractivity contribution is 5.32. The molecule has 1 saturated heterocycles. The fraction of sp³-hybridized carbons (Fsp3) is 0.538. The molecule has 1 atom stereocenters. The maximum atomic E-state index is 13.1. The highest BCUT2D eigenvalue weighted by atomic mass is 19.1. The molecule has 1 aliphatic rings. The third-order valence-electron chi connectivity index (χ3n) is 2.82. The van der Waals surface area contributed by atoms with Gasteiger partial charge in [-0.25, -0.2) is 4.39 Å². The number of phenols is 1. The van der Waals surface area contributed by atoms with Crippen molar-refractivity contribution in [2.24, 2.45) is 0 Å². The molecule has 1 aromatic carbocycles. The summed E-state index contributed by atoms with van der Waals surface area (Å²) in [7, 11) is 0. The number of aromatic hydroxyl groups is 1. The van der Waals surface area contributed by atoms with Crippen molar-refractivity contribution in [3.63, 3.8) is 0 Å². The van der Waals surface area contributed by atoms with Crippen molar-refractivity contribution in [2.75, 3.05) is 6.61 Å². The fourth-order valence-electron chi connectivity index (χ4n) is 1.87. The Morgan fingerprint density at radius 1 is 1.24 bits per heavy atom. The molecule has 0 aromatic heterocycles. The molecular formula is C13H17FO3. The van der Waals surface area contributed by atoms with Crippen molar-refractivity contribution in [3.8, 4) is 11.5 Å². The first-order valence-electron chi connectivity index (χ1n) is 6.02. The first kappa shape index (κ1) is 12.2. The Morgan fingerprint density at radius 2 is 2.06 bits per heavy atom. The normalized spacial score (nSPS) is 21.6. The molecule has 4 heteroatoms. The fourth-order valence-corrected chi connectivity index (χ4v) is 1.87. The third kappa shape index (κ3) is 3.60. The predicted octanol–water partition coefficient (Wildman–Crippen LogP) is 3.22. The molecule has 1 fully saturated rings. The van der Waals surface area contributed by atoms with Gasteiger partial charge >= 0.3 is 0 Å². The number of rotatable bonds is 2. The number of ether oxygens (including phenoxy) is 2. The summed E-state index contributed by atoms with van der Waals surface area (Å²) in [5.41, 5.74) is 0. The van der Waals surface area contributed by atoms with Gasteiger partial charge < -0.3 is 14.6 Å². The summed E-state index contributed by atoms with van der Waals surface area (Å²) in [4.78, 5) is 0. The maximum absolute atomic E-state index is 13.1. The Bertz CT molecular complexity index is 360. The first-order valence-corrected chi connectivity index (χ1v) is 6.02. The second-order valence-corrected chi connectivity index (χ2v) is 4.23. The van der Waals surface area contributed by atoms with Crippen LogP contribution < -0.4 is 4.74 Å². The first-order chi connectivity index (χ1) is 8.25. The molecule has 0 saturated carbocycles. The van der Waals surface area contributed by atoms with E-state index in [4.69, 9.17) is 14.6 Å². The van der Waals surface area contributed by atoms with Gasteiger partial charge in [0, 0.05) is 12.5 Å². The van der Waals surface area contributed by atoms with Crippen LogP contribution in [0.2, 0.25) is 0 Å². The highest BCUT2D eigenvalue weighted by Gasteiger charge is 2.14. The zero-order valence-corrected chi connectivity index (χ0v) is 9.69. The van der Waals surface area contributed by atoms with E-state index in [0.29, 0.717) is 12.4 Å². The number of phenolic OH excluding ortho intramolecular Hbond substituents is 1. The molecule has 0 amide bonds. The summed E-state index contributed by atoms with van der Waals surface area (Å²) < 4.78 is 24.2. The molecule has 0 aliphatic carbocycles. The molecule has 1 aromatic rings. The van der Waals surface area contributed by atoms with Gasteiger partial charge in [-0.3, -0.25) is 0 Å². The van der Waals surface area contributed by atoms with E-state index in [1.807, 2.05) is 0 Å². The van der Waals surface area contributed by atoms with E-state index in [9.17, 15) is 4.39 Å². The van der Waals surface area contributed by atoms with Crippen LogP contribution in [0.15, 0.2) is 18.2 Å². The quantitative estimate of drug-likeness (QED) is 0.862. The SMILES string of the molecule is Oc1ccc(OC2CCCCCCO2)cc1F. The molecule has 0 bridgehead atoms. The van der Waals surface area contributed by atoms with Crippen LogP contribution in [-0.4, -0.2) is 18.0 Å². The number of halogens is 1. The van der Waals surface area contributed by atoms with Crippen molar-refractivity contribution in [2.45, 2.75) is 38.4 Å². The monoisotopic (exact) mass is 240 g/mol. The van der Waals surface area contributed by atoms with Crippen LogP contribution in [0, 0.1) is 5.82 Å². The minimum absolute atomic E-state index is 0.306. The topological polar surface area (TPSA) is 38.7 Å². The van der Waals surface area contributed by atoms with E-state index in [1.54, 1.807) is 6.07 Å².